The zero-order chi connectivity index (χ0) is 16.1. The van der Waals surface area contributed by atoms with Crippen LogP contribution in [0.2, 0.25) is 0 Å². The average Bonchev–Trinajstić information content (AvgIpc) is 2.52. The quantitative estimate of drug-likeness (QED) is 0.755. The van der Waals surface area contributed by atoms with E-state index < -0.39 is 6.04 Å². The number of carbonyl (C=O) groups excluding carboxylic acids is 3. The Morgan fingerprint density at radius 2 is 1.95 bits per heavy atom. The first kappa shape index (κ1) is 16.0. The maximum Gasteiger partial charge on any atom is 0.305 e. The van der Waals surface area contributed by atoms with Gasteiger partial charge in [-0.15, -0.1) is 0 Å². The summed E-state index contributed by atoms with van der Waals surface area (Å²) in [7, 11) is 2.91. The fourth-order valence-electron chi connectivity index (χ4n) is 2.55. The lowest BCUT2D eigenvalue weighted by atomic mass is 10.0. The largest absolute Gasteiger partial charge is 0.469 e. The molecule has 1 saturated heterocycles. The summed E-state index contributed by atoms with van der Waals surface area (Å²) in [5.41, 5.74) is 0.955. The van der Waals surface area contributed by atoms with Crippen molar-refractivity contribution >= 4 is 17.8 Å². The second-order valence-electron chi connectivity index (χ2n) is 5.33. The molecule has 22 heavy (non-hydrogen) atoms. The molecule has 1 aliphatic rings. The van der Waals surface area contributed by atoms with Gasteiger partial charge in [0.1, 0.15) is 6.04 Å². The lowest BCUT2D eigenvalue weighted by molar-refractivity contribution is -0.156. The van der Waals surface area contributed by atoms with Crippen molar-refractivity contribution in [1.29, 1.82) is 0 Å². The van der Waals surface area contributed by atoms with Crippen molar-refractivity contribution in [2.75, 3.05) is 20.7 Å². The standard InChI is InChI=1S/C16H20N2O4/c1-17-11-14(19)18(10-12-6-4-3-5-7-12)13(16(17)21)8-9-15(20)22-2/h3-7,13H,8-11H2,1-2H3. The van der Waals surface area contributed by atoms with Crippen LogP contribution in [0.1, 0.15) is 18.4 Å². The molecule has 0 aromatic heterocycles. The Bertz CT molecular complexity index is 559. The van der Waals surface area contributed by atoms with Gasteiger partial charge in [0.2, 0.25) is 11.8 Å². The minimum atomic E-state index is -0.620. The number of hydrogen-bond donors (Lipinski definition) is 0. The van der Waals surface area contributed by atoms with Crippen molar-refractivity contribution in [1.82, 2.24) is 9.80 Å². The summed E-state index contributed by atoms with van der Waals surface area (Å²) in [4.78, 5) is 39.0. The molecular weight excluding hydrogens is 284 g/mol. The molecule has 0 radical (unpaired) electrons. The van der Waals surface area contributed by atoms with Crippen LogP contribution in [0.25, 0.3) is 0 Å². The number of likely N-dealkylation sites (N-methyl/N-ethyl adjacent to an activating group) is 1. The number of hydrogen-bond acceptors (Lipinski definition) is 4. The molecule has 1 fully saturated rings. The molecule has 1 heterocycles. The Kier molecular flexibility index (Phi) is 5.14. The Balaban J connectivity index is 2.15. The predicted octanol–water partition coefficient (Wildman–Crippen LogP) is 0.809. The van der Waals surface area contributed by atoms with Gasteiger partial charge >= 0.3 is 5.97 Å². The van der Waals surface area contributed by atoms with Crippen LogP contribution in [0, 0.1) is 0 Å². The highest BCUT2D eigenvalue weighted by molar-refractivity contribution is 5.94. The molecule has 6 heteroatoms. The summed E-state index contributed by atoms with van der Waals surface area (Å²) in [6, 6.07) is 8.88. The lowest BCUT2D eigenvalue weighted by Crippen LogP contribution is -2.58. The summed E-state index contributed by atoms with van der Waals surface area (Å²) < 4.78 is 4.62. The molecule has 0 spiro atoms. The van der Waals surface area contributed by atoms with Crippen LogP contribution < -0.4 is 0 Å². The highest BCUT2D eigenvalue weighted by atomic mass is 16.5. The molecule has 1 aliphatic heterocycles. The Labute approximate surface area is 129 Å². The zero-order valence-corrected chi connectivity index (χ0v) is 12.8. The van der Waals surface area contributed by atoms with E-state index in [4.69, 9.17) is 0 Å². The van der Waals surface area contributed by atoms with Crippen LogP contribution >= 0.6 is 0 Å². The second kappa shape index (κ2) is 7.06. The van der Waals surface area contributed by atoms with Crippen molar-refractivity contribution in [3.63, 3.8) is 0 Å². The Hall–Kier alpha value is -2.37. The van der Waals surface area contributed by atoms with Gasteiger partial charge in [0.25, 0.3) is 0 Å². The van der Waals surface area contributed by atoms with Crippen molar-refractivity contribution < 1.29 is 19.1 Å². The molecule has 6 nitrogen and oxygen atoms in total. The SMILES string of the molecule is COC(=O)CCC1C(=O)N(C)CC(=O)N1Cc1ccccc1. The van der Waals surface area contributed by atoms with Crippen molar-refractivity contribution in [3.8, 4) is 0 Å². The van der Waals surface area contributed by atoms with E-state index in [9.17, 15) is 14.4 Å². The summed E-state index contributed by atoms with van der Waals surface area (Å²) in [6.07, 6.45) is 0.383. The Morgan fingerprint density at radius 1 is 1.27 bits per heavy atom. The van der Waals surface area contributed by atoms with Gasteiger partial charge in [0.05, 0.1) is 13.7 Å². The molecule has 0 bridgehead atoms. The van der Waals surface area contributed by atoms with Crippen LogP contribution in [0.4, 0.5) is 0 Å². The summed E-state index contributed by atoms with van der Waals surface area (Å²) in [5, 5.41) is 0. The average molecular weight is 304 g/mol. The molecule has 0 N–H and O–H groups in total. The van der Waals surface area contributed by atoms with Gasteiger partial charge in [0.15, 0.2) is 0 Å². The predicted molar refractivity (Wildman–Crippen MR) is 79.7 cm³/mol. The van der Waals surface area contributed by atoms with Crippen molar-refractivity contribution in [2.24, 2.45) is 0 Å². The fraction of sp³-hybridized carbons (Fsp3) is 0.438. The van der Waals surface area contributed by atoms with E-state index in [0.717, 1.165) is 5.56 Å². The first-order valence-electron chi connectivity index (χ1n) is 7.18. The molecule has 1 aromatic carbocycles. The molecule has 0 aliphatic carbocycles. The number of esters is 1. The third-order valence-corrected chi connectivity index (χ3v) is 3.78. The third kappa shape index (κ3) is 3.63. The molecular formula is C16H20N2O4. The van der Waals surface area contributed by atoms with Crippen molar-refractivity contribution in [2.45, 2.75) is 25.4 Å². The van der Waals surface area contributed by atoms with E-state index in [1.54, 1.807) is 11.9 Å². The van der Waals surface area contributed by atoms with Crippen LogP contribution in [0.5, 0.6) is 0 Å². The number of benzene rings is 1. The van der Waals surface area contributed by atoms with Crippen LogP contribution in [0.3, 0.4) is 0 Å². The van der Waals surface area contributed by atoms with E-state index in [1.807, 2.05) is 30.3 Å². The molecule has 118 valence electrons. The smallest absolute Gasteiger partial charge is 0.305 e. The van der Waals surface area contributed by atoms with Gasteiger partial charge in [-0.2, -0.15) is 0 Å². The van der Waals surface area contributed by atoms with Gasteiger partial charge in [-0.05, 0) is 12.0 Å². The maximum absolute atomic E-state index is 12.4. The minimum absolute atomic E-state index is 0.0698. The van der Waals surface area contributed by atoms with Crippen LogP contribution in [-0.4, -0.2) is 54.3 Å². The summed E-state index contributed by atoms with van der Waals surface area (Å²) in [6.45, 7) is 0.436. The van der Waals surface area contributed by atoms with Crippen LogP contribution in [-0.2, 0) is 25.7 Å². The first-order valence-corrected chi connectivity index (χ1v) is 7.18. The van der Waals surface area contributed by atoms with E-state index in [1.165, 1.54) is 12.0 Å². The normalized spacial score (nSPS) is 18.5. The Morgan fingerprint density at radius 3 is 2.59 bits per heavy atom. The second-order valence-corrected chi connectivity index (χ2v) is 5.33. The topological polar surface area (TPSA) is 66.9 Å². The van der Waals surface area contributed by atoms with Crippen molar-refractivity contribution in [3.05, 3.63) is 35.9 Å². The number of ether oxygens (including phenoxy) is 1. The van der Waals surface area contributed by atoms with Gasteiger partial charge in [-0.1, -0.05) is 30.3 Å². The summed E-state index contributed by atoms with van der Waals surface area (Å²) >= 11 is 0. The zero-order valence-electron chi connectivity index (χ0n) is 12.8. The number of nitrogens with zero attached hydrogens (tertiary/aromatic N) is 2. The van der Waals surface area contributed by atoms with Gasteiger partial charge in [-0.3, -0.25) is 14.4 Å². The molecule has 2 rings (SSSR count). The number of amides is 2. The molecule has 1 atom stereocenters. The van der Waals surface area contributed by atoms with E-state index in [-0.39, 0.29) is 37.2 Å². The van der Waals surface area contributed by atoms with Crippen LogP contribution in [0.15, 0.2) is 30.3 Å². The molecule has 1 aromatic rings. The maximum atomic E-state index is 12.4. The molecule has 2 amide bonds. The lowest BCUT2D eigenvalue weighted by Gasteiger charge is -2.38. The highest BCUT2D eigenvalue weighted by Gasteiger charge is 2.37. The number of carbonyl (C=O) groups is 3. The highest BCUT2D eigenvalue weighted by Crippen LogP contribution is 2.19. The number of piperazine rings is 1. The fourth-order valence-corrected chi connectivity index (χ4v) is 2.55. The number of rotatable bonds is 5. The third-order valence-electron chi connectivity index (χ3n) is 3.78. The van der Waals surface area contributed by atoms with E-state index >= 15 is 0 Å². The van der Waals surface area contributed by atoms with Gasteiger partial charge in [0, 0.05) is 20.0 Å². The number of methoxy groups -OCH3 is 1. The molecule has 0 saturated carbocycles. The first-order chi connectivity index (χ1) is 10.5. The monoisotopic (exact) mass is 304 g/mol. The van der Waals surface area contributed by atoms with E-state index in [0.29, 0.717) is 6.54 Å². The van der Waals surface area contributed by atoms with Gasteiger partial charge < -0.3 is 14.5 Å². The van der Waals surface area contributed by atoms with E-state index in [2.05, 4.69) is 4.74 Å². The molecule has 1 unspecified atom stereocenters. The minimum Gasteiger partial charge on any atom is -0.469 e. The van der Waals surface area contributed by atoms with Gasteiger partial charge in [-0.25, -0.2) is 0 Å². The summed E-state index contributed by atoms with van der Waals surface area (Å²) in [5.74, 6) is -0.631.